The molecule has 2 amide bonds. The van der Waals surface area contributed by atoms with Crippen molar-refractivity contribution >= 4 is 46.6 Å². The fourth-order valence-corrected chi connectivity index (χ4v) is 3.98. The van der Waals surface area contributed by atoms with Gasteiger partial charge in [0.05, 0.1) is 12.1 Å². The molecule has 2 fully saturated rings. The lowest BCUT2D eigenvalue weighted by molar-refractivity contribution is -0.122. The number of halogens is 1. The van der Waals surface area contributed by atoms with E-state index >= 15 is 0 Å². The number of rotatable bonds is 5. The van der Waals surface area contributed by atoms with Crippen molar-refractivity contribution in [1.82, 2.24) is 9.97 Å². The minimum atomic E-state index is -0.443. The van der Waals surface area contributed by atoms with E-state index in [1.807, 2.05) is 19.0 Å². The normalized spacial score (nSPS) is 18.8. The molecular weight excluding hydrogens is 404 g/mol. The minimum Gasteiger partial charge on any atom is -0.361 e. The van der Waals surface area contributed by atoms with Crippen molar-refractivity contribution in [2.75, 3.05) is 53.7 Å². The summed E-state index contributed by atoms with van der Waals surface area (Å²) in [7, 11) is 3.76. The van der Waals surface area contributed by atoms with Gasteiger partial charge in [-0.05, 0) is 37.1 Å². The van der Waals surface area contributed by atoms with E-state index in [4.69, 9.17) is 11.6 Å². The van der Waals surface area contributed by atoms with Crippen molar-refractivity contribution in [3.8, 4) is 0 Å². The van der Waals surface area contributed by atoms with Crippen molar-refractivity contribution in [3.05, 3.63) is 35.5 Å². The molecule has 0 aliphatic carbocycles. The molecule has 9 heteroatoms. The Bertz CT molecular complexity index is 943. The average Bonchev–Trinajstić information content (AvgIpc) is 3.39. The number of carbonyl (C=O) groups is 2. The lowest BCUT2D eigenvalue weighted by Gasteiger charge is -2.21. The third-order valence-corrected chi connectivity index (χ3v) is 5.71. The SMILES string of the molecule is CN(C)c1nc(N2CCCC2)ncc1NC(=O)C1CC(=O)N(c2ccc(Cl)cc2)C1. The van der Waals surface area contributed by atoms with Crippen LogP contribution in [0.1, 0.15) is 19.3 Å². The van der Waals surface area contributed by atoms with Crippen LogP contribution in [0.15, 0.2) is 30.5 Å². The lowest BCUT2D eigenvalue weighted by atomic mass is 10.1. The molecule has 1 unspecified atom stereocenters. The first-order valence-corrected chi connectivity index (χ1v) is 10.5. The Morgan fingerprint density at radius 2 is 1.90 bits per heavy atom. The Morgan fingerprint density at radius 1 is 1.20 bits per heavy atom. The highest BCUT2D eigenvalue weighted by Crippen LogP contribution is 2.29. The topological polar surface area (TPSA) is 81.7 Å². The summed E-state index contributed by atoms with van der Waals surface area (Å²) in [6.45, 7) is 2.23. The van der Waals surface area contributed by atoms with E-state index in [-0.39, 0.29) is 18.2 Å². The number of hydrogen-bond acceptors (Lipinski definition) is 6. The van der Waals surface area contributed by atoms with Crippen molar-refractivity contribution in [2.24, 2.45) is 5.92 Å². The number of nitrogens with zero attached hydrogens (tertiary/aromatic N) is 5. The number of anilines is 4. The van der Waals surface area contributed by atoms with Crippen LogP contribution in [0.2, 0.25) is 5.02 Å². The monoisotopic (exact) mass is 428 g/mol. The smallest absolute Gasteiger partial charge is 0.229 e. The third kappa shape index (κ3) is 4.18. The zero-order chi connectivity index (χ0) is 21.3. The van der Waals surface area contributed by atoms with Crippen molar-refractivity contribution in [2.45, 2.75) is 19.3 Å². The van der Waals surface area contributed by atoms with E-state index in [1.165, 1.54) is 0 Å². The van der Waals surface area contributed by atoms with Gasteiger partial charge >= 0.3 is 0 Å². The molecule has 2 aliphatic rings. The van der Waals surface area contributed by atoms with Gasteiger partial charge in [0.1, 0.15) is 5.69 Å². The maximum atomic E-state index is 12.9. The van der Waals surface area contributed by atoms with Gasteiger partial charge in [0.2, 0.25) is 17.8 Å². The fourth-order valence-electron chi connectivity index (χ4n) is 3.85. The molecule has 8 nitrogen and oxygen atoms in total. The van der Waals surface area contributed by atoms with E-state index in [1.54, 1.807) is 35.4 Å². The first-order chi connectivity index (χ1) is 14.4. The highest BCUT2D eigenvalue weighted by molar-refractivity contribution is 6.30. The summed E-state index contributed by atoms with van der Waals surface area (Å²) < 4.78 is 0. The first kappa shape index (κ1) is 20.4. The van der Waals surface area contributed by atoms with Gasteiger partial charge in [-0.2, -0.15) is 4.98 Å². The molecule has 1 N–H and O–H groups in total. The summed E-state index contributed by atoms with van der Waals surface area (Å²) in [6, 6.07) is 7.05. The Balaban J connectivity index is 1.48. The largest absolute Gasteiger partial charge is 0.361 e. The molecule has 2 aromatic rings. The molecule has 2 saturated heterocycles. The van der Waals surface area contributed by atoms with Gasteiger partial charge in [-0.1, -0.05) is 11.6 Å². The van der Waals surface area contributed by atoms with Crippen LogP contribution < -0.4 is 20.0 Å². The molecule has 158 valence electrons. The van der Waals surface area contributed by atoms with Gasteiger partial charge in [-0.3, -0.25) is 9.59 Å². The predicted molar refractivity (Wildman–Crippen MR) is 118 cm³/mol. The van der Waals surface area contributed by atoms with Crippen LogP contribution in [0.5, 0.6) is 0 Å². The van der Waals surface area contributed by atoms with Gasteiger partial charge in [-0.15, -0.1) is 0 Å². The van der Waals surface area contributed by atoms with Crippen LogP contribution in [-0.4, -0.2) is 55.5 Å². The standard InChI is InChI=1S/C21H25ClN6O2/c1-26(2)19-17(12-23-21(25-19)27-9-3-4-10-27)24-20(30)14-11-18(29)28(13-14)16-7-5-15(22)6-8-16/h5-8,12,14H,3-4,9-11,13H2,1-2H3,(H,24,30). The van der Waals surface area contributed by atoms with E-state index in [0.717, 1.165) is 31.6 Å². The predicted octanol–water partition coefficient (Wildman–Crippen LogP) is 2.79. The molecule has 1 aromatic heterocycles. The van der Waals surface area contributed by atoms with Crippen LogP contribution in [0.3, 0.4) is 0 Å². The Kier molecular flexibility index (Phi) is 5.76. The molecule has 1 aromatic carbocycles. The van der Waals surface area contributed by atoms with Crippen molar-refractivity contribution in [3.63, 3.8) is 0 Å². The van der Waals surface area contributed by atoms with E-state index in [2.05, 4.69) is 20.2 Å². The molecule has 3 heterocycles. The minimum absolute atomic E-state index is 0.0778. The first-order valence-electron chi connectivity index (χ1n) is 10.1. The summed E-state index contributed by atoms with van der Waals surface area (Å²) >= 11 is 5.93. The molecule has 4 rings (SSSR count). The van der Waals surface area contributed by atoms with Crippen LogP contribution in [0, 0.1) is 5.92 Å². The van der Waals surface area contributed by atoms with Gasteiger partial charge in [0.15, 0.2) is 5.82 Å². The van der Waals surface area contributed by atoms with Crippen LogP contribution in [-0.2, 0) is 9.59 Å². The maximum absolute atomic E-state index is 12.9. The molecule has 0 saturated carbocycles. The number of nitrogens with one attached hydrogen (secondary N) is 1. The summed E-state index contributed by atoms with van der Waals surface area (Å²) in [5.41, 5.74) is 1.29. The number of amides is 2. The zero-order valence-electron chi connectivity index (χ0n) is 17.1. The molecular formula is C21H25ClN6O2. The lowest BCUT2D eigenvalue weighted by Crippen LogP contribution is -2.29. The van der Waals surface area contributed by atoms with Gasteiger partial charge < -0.3 is 20.0 Å². The highest BCUT2D eigenvalue weighted by atomic mass is 35.5. The second-order valence-electron chi connectivity index (χ2n) is 7.87. The number of benzene rings is 1. The molecule has 0 bridgehead atoms. The Morgan fingerprint density at radius 3 is 2.57 bits per heavy atom. The zero-order valence-corrected chi connectivity index (χ0v) is 17.9. The van der Waals surface area contributed by atoms with Crippen LogP contribution >= 0.6 is 11.6 Å². The van der Waals surface area contributed by atoms with Crippen molar-refractivity contribution < 1.29 is 9.59 Å². The van der Waals surface area contributed by atoms with E-state index in [9.17, 15) is 9.59 Å². The second-order valence-corrected chi connectivity index (χ2v) is 8.30. The molecule has 30 heavy (non-hydrogen) atoms. The van der Waals surface area contributed by atoms with Gasteiger partial charge in [-0.25, -0.2) is 4.98 Å². The summed E-state index contributed by atoms with van der Waals surface area (Å²) in [4.78, 5) is 40.1. The van der Waals surface area contributed by atoms with Gasteiger partial charge in [0.25, 0.3) is 0 Å². The molecule has 0 spiro atoms. The maximum Gasteiger partial charge on any atom is 0.229 e. The van der Waals surface area contributed by atoms with E-state index in [0.29, 0.717) is 29.0 Å². The Labute approximate surface area is 180 Å². The van der Waals surface area contributed by atoms with Crippen LogP contribution in [0.25, 0.3) is 0 Å². The quantitative estimate of drug-likeness (QED) is 0.788. The second kappa shape index (κ2) is 8.47. The van der Waals surface area contributed by atoms with Gasteiger partial charge in [0, 0.05) is 50.9 Å². The third-order valence-electron chi connectivity index (χ3n) is 5.46. The number of aromatic nitrogens is 2. The number of hydrogen-bond donors (Lipinski definition) is 1. The molecule has 0 radical (unpaired) electrons. The molecule has 2 aliphatic heterocycles. The van der Waals surface area contributed by atoms with Crippen LogP contribution in [0.4, 0.5) is 23.1 Å². The average molecular weight is 429 g/mol. The molecule has 1 atom stereocenters. The highest BCUT2D eigenvalue weighted by Gasteiger charge is 2.35. The fraction of sp³-hybridized carbons (Fsp3) is 0.429. The van der Waals surface area contributed by atoms with E-state index < -0.39 is 5.92 Å². The summed E-state index contributed by atoms with van der Waals surface area (Å²) in [6.07, 6.45) is 4.10. The summed E-state index contributed by atoms with van der Waals surface area (Å²) in [5.74, 6) is 0.603. The Hall–Kier alpha value is -2.87. The van der Waals surface area contributed by atoms with Crippen molar-refractivity contribution in [1.29, 1.82) is 0 Å². The number of carbonyl (C=O) groups excluding carboxylic acids is 2. The summed E-state index contributed by atoms with van der Waals surface area (Å²) in [5, 5.41) is 3.53.